The maximum absolute atomic E-state index is 12.6. The number of hydrogen-bond acceptors (Lipinski definition) is 3. The van der Waals surface area contributed by atoms with Crippen molar-refractivity contribution in [3.63, 3.8) is 0 Å². The van der Waals surface area contributed by atoms with Crippen LogP contribution in [-0.4, -0.2) is 25.1 Å². The van der Waals surface area contributed by atoms with Crippen molar-refractivity contribution in [2.24, 2.45) is 5.41 Å². The van der Waals surface area contributed by atoms with E-state index in [2.05, 4.69) is 24.5 Å². The second-order valence-electron chi connectivity index (χ2n) is 6.39. The first-order valence-corrected chi connectivity index (χ1v) is 7.33. The number of nitrogens with one attached hydrogen (secondary N) is 2. The van der Waals surface area contributed by atoms with Gasteiger partial charge < -0.3 is 15.4 Å². The smallest absolute Gasteiger partial charge is 0.238 e. The van der Waals surface area contributed by atoms with Gasteiger partial charge in [0.1, 0.15) is 12.4 Å². The maximum Gasteiger partial charge on any atom is 0.238 e. The number of para-hydroxylation sites is 1. The van der Waals surface area contributed by atoms with E-state index >= 15 is 0 Å². The second kappa shape index (κ2) is 5.09. The molecule has 2 atom stereocenters. The van der Waals surface area contributed by atoms with Crippen LogP contribution in [0.3, 0.4) is 0 Å². The van der Waals surface area contributed by atoms with Crippen molar-refractivity contribution in [1.82, 2.24) is 10.6 Å². The Balaban J connectivity index is 1.71. The number of hydrogen-bond donors (Lipinski definition) is 2. The zero-order chi connectivity index (χ0) is 14.2. The van der Waals surface area contributed by atoms with Crippen LogP contribution >= 0.6 is 0 Å². The fraction of sp³-hybridized carbons (Fsp3) is 0.562. The average molecular weight is 274 g/mol. The first kappa shape index (κ1) is 13.4. The molecule has 0 aliphatic carbocycles. The summed E-state index contributed by atoms with van der Waals surface area (Å²) < 4.78 is 5.62. The molecular formula is C16H22N2O2. The summed E-state index contributed by atoms with van der Waals surface area (Å²) in [5.74, 6) is 0.966. The highest BCUT2D eigenvalue weighted by Gasteiger charge is 2.38. The highest BCUT2D eigenvalue weighted by atomic mass is 16.5. The van der Waals surface area contributed by atoms with Gasteiger partial charge >= 0.3 is 0 Å². The molecule has 2 aliphatic rings. The van der Waals surface area contributed by atoms with Gasteiger partial charge in [-0.25, -0.2) is 0 Å². The first-order chi connectivity index (χ1) is 9.58. The quantitative estimate of drug-likeness (QED) is 0.867. The number of ether oxygens (including phenoxy) is 1. The van der Waals surface area contributed by atoms with Crippen molar-refractivity contribution in [3.8, 4) is 5.75 Å². The van der Waals surface area contributed by atoms with E-state index in [9.17, 15) is 4.79 Å². The zero-order valence-corrected chi connectivity index (χ0v) is 12.1. The number of benzene rings is 1. The van der Waals surface area contributed by atoms with Crippen LogP contribution in [0.25, 0.3) is 0 Å². The summed E-state index contributed by atoms with van der Waals surface area (Å²) in [7, 11) is 0. The second-order valence-corrected chi connectivity index (χ2v) is 6.39. The molecule has 1 amide bonds. The van der Waals surface area contributed by atoms with E-state index in [4.69, 9.17) is 4.74 Å². The lowest BCUT2D eigenvalue weighted by molar-refractivity contribution is -0.127. The fourth-order valence-corrected chi connectivity index (χ4v) is 3.20. The molecular weight excluding hydrogens is 252 g/mol. The third-order valence-electron chi connectivity index (χ3n) is 4.41. The Kier molecular flexibility index (Phi) is 3.42. The predicted octanol–water partition coefficient (Wildman–Crippen LogP) is 2.01. The third-order valence-corrected chi connectivity index (χ3v) is 4.41. The predicted molar refractivity (Wildman–Crippen MR) is 77.6 cm³/mol. The van der Waals surface area contributed by atoms with Crippen LogP contribution in [0.5, 0.6) is 5.75 Å². The number of rotatable bonds is 2. The molecule has 0 spiro atoms. The van der Waals surface area contributed by atoms with Gasteiger partial charge in [-0.1, -0.05) is 32.0 Å². The van der Waals surface area contributed by atoms with E-state index < -0.39 is 0 Å². The van der Waals surface area contributed by atoms with E-state index in [0.29, 0.717) is 6.61 Å². The van der Waals surface area contributed by atoms with Crippen LogP contribution in [0, 0.1) is 5.41 Å². The molecule has 2 N–H and O–H groups in total. The normalized spacial score (nSPS) is 27.5. The Morgan fingerprint density at radius 2 is 2.20 bits per heavy atom. The van der Waals surface area contributed by atoms with Crippen LogP contribution in [0.2, 0.25) is 0 Å². The lowest BCUT2D eigenvalue weighted by Crippen LogP contribution is -2.56. The summed E-state index contributed by atoms with van der Waals surface area (Å²) in [5, 5.41) is 6.49. The molecule has 0 aromatic heterocycles. The van der Waals surface area contributed by atoms with Gasteiger partial charge in [0.25, 0.3) is 0 Å². The molecule has 1 fully saturated rings. The van der Waals surface area contributed by atoms with Crippen molar-refractivity contribution in [2.45, 2.75) is 38.8 Å². The molecule has 20 heavy (non-hydrogen) atoms. The van der Waals surface area contributed by atoms with E-state index in [-0.39, 0.29) is 23.4 Å². The Bertz CT molecular complexity index is 513. The Hall–Kier alpha value is -1.55. The van der Waals surface area contributed by atoms with E-state index in [0.717, 1.165) is 30.7 Å². The van der Waals surface area contributed by atoms with Crippen molar-refractivity contribution >= 4 is 5.91 Å². The molecule has 2 heterocycles. The maximum atomic E-state index is 12.6. The highest BCUT2D eigenvalue weighted by molar-refractivity contribution is 5.83. The summed E-state index contributed by atoms with van der Waals surface area (Å²) in [6.45, 7) is 5.75. The third kappa shape index (κ3) is 2.40. The minimum Gasteiger partial charge on any atom is -0.491 e. The number of piperidine rings is 1. The van der Waals surface area contributed by atoms with Crippen molar-refractivity contribution in [3.05, 3.63) is 29.8 Å². The fourth-order valence-electron chi connectivity index (χ4n) is 3.20. The molecule has 0 radical (unpaired) electrons. The van der Waals surface area contributed by atoms with Gasteiger partial charge in [0.05, 0.1) is 12.1 Å². The van der Waals surface area contributed by atoms with E-state index in [1.807, 2.05) is 24.3 Å². The van der Waals surface area contributed by atoms with Crippen molar-refractivity contribution in [1.29, 1.82) is 0 Å². The van der Waals surface area contributed by atoms with Gasteiger partial charge in [0.15, 0.2) is 0 Å². The molecule has 0 bridgehead atoms. The zero-order valence-electron chi connectivity index (χ0n) is 12.1. The van der Waals surface area contributed by atoms with Crippen LogP contribution in [0.1, 0.15) is 38.3 Å². The minimum atomic E-state index is -0.121. The summed E-state index contributed by atoms with van der Waals surface area (Å²) in [6, 6.07) is 7.75. The number of carbonyl (C=O) groups excluding carboxylic acids is 1. The minimum absolute atomic E-state index is 0.00130. The molecule has 4 nitrogen and oxygen atoms in total. The van der Waals surface area contributed by atoms with Crippen LogP contribution in [0.15, 0.2) is 24.3 Å². The molecule has 0 saturated carbocycles. The number of amides is 1. The molecule has 4 heteroatoms. The summed E-state index contributed by atoms with van der Waals surface area (Å²) in [5.41, 5.74) is 1.08. The molecule has 108 valence electrons. The molecule has 1 saturated heterocycles. The SMILES string of the molecule is CC1(C)CCCNC1C(=O)NC1COc2ccccc21. The summed E-state index contributed by atoms with van der Waals surface area (Å²) in [6.07, 6.45) is 2.21. The van der Waals surface area contributed by atoms with Gasteiger partial charge in [0.2, 0.25) is 5.91 Å². The Morgan fingerprint density at radius 1 is 1.40 bits per heavy atom. The summed E-state index contributed by atoms with van der Waals surface area (Å²) >= 11 is 0. The van der Waals surface area contributed by atoms with Gasteiger partial charge in [0, 0.05) is 5.56 Å². The number of fused-ring (bicyclic) bond motifs is 1. The van der Waals surface area contributed by atoms with Crippen molar-refractivity contribution in [2.75, 3.05) is 13.2 Å². The molecule has 1 aromatic rings. The Morgan fingerprint density at radius 3 is 3.00 bits per heavy atom. The standard InChI is InChI=1S/C16H22N2O2/c1-16(2)8-5-9-17-14(16)15(19)18-12-10-20-13-7-4-3-6-11(12)13/h3-4,6-7,12,14,17H,5,8-10H2,1-2H3,(H,18,19). The van der Waals surface area contributed by atoms with Gasteiger partial charge in [-0.3, -0.25) is 4.79 Å². The molecule has 2 aliphatic heterocycles. The van der Waals surface area contributed by atoms with E-state index in [1.54, 1.807) is 0 Å². The average Bonchev–Trinajstić information content (AvgIpc) is 2.81. The largest absolute Gasteiger partial charge is 0.491 e. The van der Waals surface area contributed by atoms with Crippen molar-refractivity contribution < 1.29 is 9.53 Å². The van der Waals surface area contributed by atoms with E-state index in [1.165, 1.54) is 0 Å². The molecule has 3 rings (SSSR count). The van der Waals surface area contributed by atoms with Gasteiger partial charge in [-0.15, -0.1) is 0 Å². The number of carbonyl (C=O) groups is 1. The molecule has 2 unspecified atom stereocenters. The lowest BCUT2D eigenvalue weighted by Gasteiger charge is -2.38. The first-order valence-electron chi connectivity index (χ1n) is 7.33. The van der Waals surface area contributed by atoms with Gasteiger partial charge in [-0.05, 0) is 30.9 Å². The van der Waals surface area contributed by atoms with Gasteiger partial charge in [-0.2, -0.15) is 0 Å². The Labute approximate surface area is 119 Å². The van der Waals surface area contributed by atoms with Crippen LogP contribution in [0.4, 0.5) is 0 Å². The highest BCUT2D eigenvalue weighted by Crippen LogP contribution is 2.33. The molecule has 1 aromatic carbocycles. The van der Waals surface area contributed by atoms with Crippen LogP contribution < -0.4 is 15.4 Å². The summed E-state index contributed by atoms with van der Waals surface area (Å²) in [4.78, 5) is 12.6. The topological polar surface area (TPSA) is 50.4 Å². The monoisotopic (exact) mass is 274 g/mol. The van der Waals surface area contributed by atoms with Crippen LogP contribution in [-0.2, 0) is 4.79 Å². The lowest BCUT2D eigenvalue weighted by atomic mass is 9.77.